The van der Waals surface area contributed by atoms with Crippen molar-refractivity contribution in [2.24, 2.45) is 11.8 Å². The molecule has 2 heterocycles. The van der Waals surface area contributed by atoms with Gasteiger partial charge < -0.3 is 0 Å². The van der Waals surface area contributed by atoms with Crippen LogP contribution in [0.3, 0.4) is 0 Å². The Bertz CT molecular complexity index is 522. The largest absolute Gasteiger partial charge is 0.271 e. The number of hydrazine groups is 1. The Morgan fingerprint density at radius 3 is 2.89 bits per heavy atom. The third kappa shape index (κ3) is 3.62. The molecule has 1 unspecified atom stereocenters. The van der Waals surface area contributed by atoms with E-state index in [-0.39, 0.29) is 6.04 Å². The number of hydrogen-bond donors (Lipinski definition) is 2. The van der Waals surface area contributed by atoms with E-state index in [2.05, 4.69) is 45.3 Å². The van der Waals surface area contributed by atoms with E-state index in [1.54, 1.807) is 17.7 Å². The number of nitrogens with one attached hydrogen (secondary N) is 1. The van der Waals surface area contributed by atoms with Gasteiger partial charge in [-0.05, 0) is 33.3 Å². The van der Waals surface area contributed by atoms with E-state index < -0.39 is 0 Å². The van der Waals surface area contributed by atoms with Gasteiger partial charge in [-0.2, -0.15) is 5.10 Å². The zero-order valence-corrected chi connectivity index (χ0v) is 13.4. The molecule has 0 aliphatic carbocycles. The van der Waals surface area contributed by atoms with Gasteiger partial charge >= 0.3 is 0 Å². The number of hydrogen-bond acceptors (Lipinski definition) is 5. The second-order valence-electron chi connectivity index (χ2n) is 4.81. The van der Waals surface area contributed by atoms with Gasteiger partial charge in [-0.25, -0.2) is 9.67 Å². The molecule has 0 bridgehead atoms. The van der Waals surface area contributed by atoms with Crippen molar-refractivity contribution in [1.82, 2.24) is 20.2 Å². The second kappa shape index (κ2) is 6.60. The van der Waals surface area contributed by atoms with Crippen LogP contribution in [0.5, 0.6) is 0 Å². The van der Waals surface area contributed by atoms with Crippen molar-refractivity contribution in [2.75, 3.05) is 0 Å². The maximum atomic E-state index is 5.68. The Balaban J connectivity index is 2.15. The van der Waals surface area contributed by atoms with Crippen molar-refractivity contribution in [3.05, 3.63) is 32.9 Å². The molecule has 2 rings (SSSR count). The van der Waals surface area contributed by atoms with Crippen LogP contribution in [-0.4, -0.2) is 14.8 Å². The molecule has 0 saturated heterocycles. The molecule has 3 N–H and O–H groups in total. The van der Waals surface area contributed by atoms with Crippen LogP contribution in [0.4, 0.5) is 0 Å². The molecule has 0 fully saturated rings. The second-order valence-corrected chi connectivity index (χ2v) is 6.61. The molecular formula is C12H18BrN5S. The fourth-order valence-electron chi connectivity index (χ4n) is 1.91. The highest BCUT2D eigenvalue weighted by atomic mass is 79.9. The summed E-state index contributed by atoms with van der Waals surface area (Å²) in [6, 6.07) is 2.08. The van der Waals surface area contributed by atoms with Crippen LogP contribution in [0.25, 0.3) is 0 Å². The van der Waals surface area contributed by atoms with Crippen molar-refractivity contribution in [3.63, 3.8) is 0 Å². The summed E-state index contributed by atoms with van der Waals surface area (Å²) in [6.45, 7) is 5.21. The standard InChI is InChI=1S/C12H18BrN5S/c1-8(2)6-18-11(15-7-16-18)5-10(17-14)12-9(13)3-4-19-12/h3-4,7-8,10,17H,5-6,14H2,1-2H3. The summed E-state index contributed by atoms with van der Waals surface area (Å²) in [7, 11) is 0. The van der Waals surface area contributed by atoms with Gasteiger partial charge in [-0.15, -0.1) is 11.3 Å². The predicted octanol–water partition coefficient (Wildman–Crippen LogP) is 2.51. The molecule has 7 heteroatoms. The van der Waals surface area contributed by atoms with Gasteiger partial charge in [-0.3, -0.25) is 11.3 Å². The smallest absolute Gasteiger partial charge is 0.138 e. The van der Waals surface area contributed by atoms with Gasteiger partial charge in [0.2, 0.25) is 0 Å². The monoisotopic (exact) mass is 343 g/mol. The van der Waals surface area contributed by atoms with E-state index in [1.807, 2.05) is 16.1 Å². The maximum absolute atomic E-state index is 5.68. The van der Waals surface area contributed by atoms with Crippen LogP contribution < -0.4 is 11.3 Å². The van der Waals surface area contributed by atoms with Crippen molar-refractivity contribution in [3.8, 4) is 0 Å². The zero-order chi connectivity index (χ0) is 13.8. The first-order valence-electron chi connectivity index (χ1n) is 6.17. The minimum absolute atomic E-state index is 0.0458. The van der Waals surface area contributed by atoms with Crippen LogP contribution in [0, 0.1) is 5.92 Å². The number of thiophene rings is 1. The molecule has 0 radical (unpaired) electrons. The van der Waals surface area contributed by atoms with E-state index in [0.29, 0.717) is 5.92 Å². The van der Waals surface area contributed by atoms with Crippen molar-refractivity contribution < 1.29 is 0 Å². The van der Waals surface area contributed by atoms with E-state index in [4.69, 9.17) is 5.84 Å². The quantitative estimate of drug-likeness (QED) is 0.624. The van der Waals surface area contributed by atoms with Gasteiger partial charge in [0.1, 0.15) is 12.2 Å². The Morgan fingerprint density at radius 2 is 2.32 bits per heavy atom. The summed E-state index contributed by atoms with van der Waals surface area (Å²) in [5.74, 6) is 7.17. The first-order valence-corrected chi connectivity index (χ1v) is 7.84. The molecule has 2 aromatic heterocycles. The van der Waals surface area contributed by atoms with Crippen LogP contribution in [0.2, 0.25) is 0 Å². The van der Waals surface area contributed by atoms with Gasteiger partial charge in [0.15, 0.2) is 0 Å². The third-order valence-electron chi connectivity index (χ3n) is 2.78. The molecule has 0 saturated carbocycles. The molecule has 19 heavy (non-hydrogen) atoms. The summed E-state index contributed by atoms with van der Waals surface area (Å²) < 4.78 is 3.03. The van der Waals surface area contributed by atoms with E-state index >= 15 is 0 Å². The van der Waals surface area contributed by atoms with Gasteiger partial charge in [-0.1, -0.05) is 13.8 Å². The highest BCUT2D eigenvalue weighted by Crippen LogP contribution is 2.30. The molecule has 5 nitrogen and oxygen atoms in total. The van der Waals surface area contributed by atoms with Gasteiger partial charge in [0.25, 0.3) is 0 Å². The SMILES string of the molecule is CC(C)Cn1ncnc1CC(NN)c1sccc1Br. The summed E-state index contributed by atoms with van der Waals surface area (Å²) in [4.78, 5) is 5.52. The third-order valence-corrected chi connectivity index (χ3v) is 4.77. The number of aromatic nitrogens is 3. The van der Waals surface area contributed by atoms with Crippen molar-refractivity contribution >= 4 is 27.3 Å². The van der Waals surface area contributed by atoms with E-state index in [0.717, 1.165) is 23.3 Å². The van der Waals surface area contributed by atoms with Crippen molar-refractivity contribution in [1.29, 1.82) is 0 Å². The molecule has 0 aliphatic heterocycles. The summed E-state index contributed by atoms with van der Waals surface area (Å²) in [5.41, 5.74) is 2.86. The molecule has 0 spiro atoms. The zero-order valence-electron chi connectivity index (χ0n) is 11.0. The molecule has 0 amide bonds. The highest BCUT2D eigenvalue weighted by molar-refractivity contribution is 9.10. The lowest BCUT2D eigenvalue weighted by Crippen LogP contribution is -2.30. The lowest BCUT2D eigenvalue weighted by molar-refractivity contribution is 0.448. The lowest BCUT2D eigenvalue weighted by Gasteiger charge is -2.16. The fraction of sp³-hybridized carbons (Fsp3) is 0.500. The highest BCUT2D eigenvalue weighted by Gasteiger charge is 2.18. The first-order chi connectivity index (χ1) is 9.11. The van der Waals surface area contributed by atoms with Gasteiger partial charge in [0, 0.05) is 22.3 Å². The average Bonchev–Trinajstić information content (AvgIpc) is 2.95. The summed E-state index contributed by atoms with van der Waals surface area (Å²) in [6.07, 6.45) is 2.33. The number of halogens is 1. The average molecular weight is 344 g/mol. The predicted molar refractivity (Wildman–Crippen MR) is 80.6 cm³/mol. The summed E-state index contributed by atoms with van der Waals surface area (Å²) >= 11 is 5.22. The van der Waals surface area contributed by atoms with Crippen LogP contribution in [0.15, 0.2) is 22.2 Å². The number of rotatable bonds is 6. The van der Waals surface area contributed by atoms with E-state index in [9.17, 15) is 0 Å². The Hall–Kier alpha value is -0.760. The van der Waals surface area contributed by atoms with E-state index in [1.165, 1.54) is 4.88 Å². The summed E-state index contributed by atoms with van der Waals surface area (Å²) in [5, 5.41) is 6.32. The molecular weight excluding hydrogens is 326 g/mol. The normalized spacial score (nSPS) is 13.1. The minimum atomic E-state index is 0.0458. The molecule has 2 aromatic rings. The van der Waals surface area contributed by atoms with Gasteiger partial charge in [0.05, 0.1) is 6.04 Å². The lowest BCUT2D eigenvalue weighted by atomic mass is 10.1. The Morgan fingerprint density at radius 1 is 1.53 bits per heavy atom. The van der Waals surface area contributed by atoms with Crippen LogP contribution in [0.1, 0.15) is 30.6 Å². The molecule has 0 aromatic carbocycles. The van der Waals surface area contributed by atoms with Crippen LogP contribution >= 0.6 is 27.3 Å². The maximum Gasteiger partial charge on any atom is 0.138 e. The Kier molecular flexibility index (Phi) is 5.09. The number of nitrogens with two attached hydrogens (primary N) is 1. The minimum Gasteiger partial charge on any atom is -0.271 e. The fourth-order valence-corrected chi connectivity index (χ4v) is 3.62. The molecule has 0 aliphatic rings. The topological polar surface area (TPSA) is 68.8 Å². The number of nitrogens with zero attached hydrogens (tertiary/aromatic N) is 3. The Labute approximate surface area is 125 Å². The molecule has 1 atom stereocenters. The first kappa shape index (κ1) is 14.6. The van der Waals surface area contributed by atoms with Crippen LogP contribution in [-0.2, 0) is 13.0 Å². The molecule has 104 valence electrons. The van der Waals surface area contributed by atoms with Crippen molar-refractivity contribution in [2.45, 2.75) is 32.9 Å².